The van der Waals surface area contributed by atoms with Gasteiger partial charge in [0, 0.05) is 64.2 Å². The van der Waals surface area contributed by atoms with Crippen LogP contribution in [0.5, 0.6) is 0 Å². The molecule has 3 rings (SSSR count). The van der Waals surface area contributed by atoms with Gasteiger partial charge in [0.15, 0.2) is 21.4 Å². The van der Waals surface area contributed by atoms with Gasteiger partial charge in [0.2, 0.25) is 11.7 Å². The monoisotopic (exact) mass is 717 g/mol. The Balaban J connectivity index is 1.85. The number of ketones is 4. The van der Waals surface area contributed by atoms with Crippen LogP contribution in [0.2, 0.25) is 0 Å². The van der Waals surface area contributed by atoms with E-state index in [1.165, 1.54) is 7.11 Å². The predicted molar refractivity (Wildman–Crippen MR) is 195 cm³/mol. The fourth-order valence-electron chi connectivity index (χ4n) is 8.53. The maximum atomic E-state index is 14.6. The van der Waals surface area contributed by atoms with E-state index in [-0.39, 0.29) is 79.0 Å². The molecule has 0 aromatic rings. The molecule has 1 heterocycles. The Morgan fingerprint density at radius 2 is 1.60 bits per heavy atom. The van der Waals surface area contributed by atoms with Crippen LogP contribution in [-0.4, -0.2) is 79.2 Å². The van der Waals surface area contributed by atoms with Crippen molar-refractivity contribution < 1.29 is 37.1 Å². The number of Topliss-reactive ketones (excluding diaryl/α,β-unsaturated/α-hetero) is 4. The molecule has 1 saturated heterocycles. The van der Waals surface area contributed by atoms with Crippen molar-refractivity contribution in [3.8, 4) is 12.3 Å². The molecular formula is C40H63NO8S. The topological polar surface area (TPSA) is 132 Å². The van der Waals surface area contributed by atoms with Crippen LogP contribution in [0.3, 0.4) is 0 Å². The molecule has 0 spiro atoms. The summed E-state index contributed by atoms with van der Waals surface area (Å²) in [5.74, 6) is -0.832. The summed E-state index contributed by atoms with van der Waals surface area (Å²) in [6.45, 7) is 15.8. The molecular weight excluding hydrogens is 655 g/mol. The first-order valence-electron chi connectivity index (χ1n) is 18.6. The van der Waals surface area contributed by atoms with E-state index in [1.807, 2.05) is 20.8 Å². The lowest BCUT2D eigenvalue weighted by atomic mass is 9.70. The van der Waals surface area contributed by atoms with Gasteiger partial charge in [-0.15, -0.1) is 12.3 Å². The van der Waals surface area contributed by atoms with E-state index >= 15 is 0 Å². The molecule has 0 aromatic carbocycles. The van der Waals surface area contributed by atoms with Crippen molar-refractivity contribution in [1.29, 1.82) is 0 Å². The number of carbonyl (C=O) groups is 5. The standard InChI is InChI=1S/C40H63NO8S/c1-11-12-17-27(35(45)31(43)18-16-21-49-10)22-32(44)34-33-30(39(33,8)9)25-41(34)36(46)29(37(2,3)4)23-28(42)24-40(19-14-13-15-20-40)26-50(47,48)38(5,6)7/h1,27,29-30,33-34H,12-26H2,2-10H3/t27?,29-,30?,33+,34-/m1/s1. The number of methoxy groups -OCH3 is 1. The van der Waals surface area contributed by atoms with Gasteiger partial charge in [-0.2, -0.15) is 0 Å². The average molecular weight is 718 g/mol. The van der Waals surface area contributed by atoms with Crippen molar-refractivity contribution in [2.24, 2.45) is 39.9 Å². The summed E-state index contributed by atoms with van der Waals surface area (Å²) in [5, 5.41) is 0. The van der Waals surface area contributed by atoms with E-state index in [0.717, 1.165) is 19.3 Å². The summed E-state index contributed by atoms with van der Waals surface area (Å²) in [5.41, 5.74) is -1.42. The van der Waals surface area contributed by atoms with Crippen LogP contribution in [-0.2, 0) is 38.5 Å². The van der Waals surface area contributed by atoms with Crippen molar-refractivity contribution in [2.75, 3.05) is 26.0 Å². The van der Waals surface area contributed by atoms with Crippen molar-refractivity contribution >= 4 is 38.9 Å². The van der Waals surface area contributed by atoms with E-state index in [4.69, 9.17) is 11.2 Å². The van der Waals surface area contributed by atoms with Crippen molar-refractivity contribution in [1.82, 2.24) is 4.90 Å². The number of nitrogens with zero attached hydrogens (tertiary/aromatic N) is 1. The Morgan fingerprint density at radius 1 is 0.980 bits per heavy atom. The fraction of sp³-hybridized carbons (Fsp3) is 0.825. The quantitative estimate of drug-likeness (QED) is 0.0931. The molecule has 0 aromatic heterocycles. The van der Waals surface area contributed by atoms with Gasteiger partial charge in [0.05, 0.1) is 16.5 Å². The van der Waals surface area contributed by atoms with E-state index in [2.05, 4.69) is 19.8 Å². The third-order valence-corrected chi connectivity index (χ3v) is 14.9. The number of carbonyl (C=O) groups excluding carboxylic acids is 5. The van der Waals surface area contributed by atoms with E-state index in [0.29, 0.717) is 32.4 Å². The lowest BCUT2D eigenvalue weighted by molar-refractivity contribution is -0.148. The van der Waals surface area contributed by atoms with E-state index in [9.17, 15) is 32.4 Å². The number of hydrogen-bond donors (Lipinski definition) is 0. The van der Waals surface area contributed by atoms with Gasteiger partial charge in [-0.3, -0.25) is 24.0 Å². The smallest absolute Gasteiger partial charge is 0.227 e. The Bertz CT molecular complexity index is 1430. The van der Waals surface area contributed by atoms with E-state index in [1.54, 1.807) is 25.7 Å². The van der Waals surface area contributed by atoms with Gasteiger partial charge < -0.3 is 9.64 Å². The molecule has 9 nitrogen and oxygen atoms in total. The highest BCUT2D eigenvalue weighted by Gasteiger charge is 2.69. The fourth-order valence-corrected chi connectivity index (χ4v) is 10.2. The number of terminal acetylenes is 1. The highest BCUT2D eigenvalue weighted by molar-refractivity contribution is 7.92. The number of ether oxygens (including phenoxy) is 1. The van der Waals surface area contributed by atoms with Gasteiger partial charge in [0.1, 0.15) is 5.78 Å². The third kappa shape index (κ3) is 9.73. The first-order valence-corrected chi connectivity index (χ1v) is 20.2. The van der Waals surface area contributed by atoms with Gasteiger partial charge in [-0.1, -0.05) is 53.9 Å². The predicted octanol–water partition coefficient (Wildman–Crippen LogP) is 6.20. The molecule has 2 aliphatic carbocycles. The number of fused-ring (bicyclic) bond motifs is 1. The molecule has 1 aliphatic heterocycles. The minimum Gasteiger partial charge on any atom is -0.385 e. The molecule has 0 N–H and O–H groups in total. The number of hydrogen-bond acceptors (Lipinski definition) is 8. The van der Waals surface area contributed by atoms with Crippen molar-refractivity contribution in [2.45, 2.75) is 143 Å². The van der Waals surface area contributed by atoms with Crippen LogP contribution in [0, 0.1) is 52.3 Å². The van der Waals surface area contributed by atoms with Gasteiger partial charge in [-0.25, -0.2) is 8.42 Å². The highest BCUT2D eigenvalue weighted by Crippen LogP contribution is 2.65. The second-order valence-corrected chi connectivity index (χ2v) is 20.9. The summed E-state index contributed by atoms with van der Waals surface area (Å²) in [6.07, 6.45) is 10.4. The van der Waals surface area contributed by atoms with Crippen molar-refractivity contribution in [3.63, 3.8) is 0 Å². The minimum atomic E-state index is -3.48. The number of likely N-dealkylation sites (tertiary alicyclic amines) is 1. The number of amides is 1. The van der Waals surface area contributed by atoms with Crippen LogP contribution in [0.15, 0.2) is 0 Å². The Hall–Kier alpha value is -2.38. The van der Waals surface area contributed by atoms with Gasteiger partial charge in [-0.05, 0) is 74.5 Å². The summed E-state index contributed by atoms with van der Waals surface area (Å²) in [4.78, 5) is 70.4. The lowest BCUT2D eigenvalue weighted by Gasteiger charge is -2.40. The summed E-state index contributed by atoms with van der Waals surface area (Å²) >= 11 is 0. The molecule has 1 amide bonds. The summed E-state index contributed by atoms with van der Waals surface area (Å²) in [6, 6.07) is -0.756. The van der Waals surface area contributed by atoms with Crippen molar-refractivity contribution in [3.05, 3.63) is 0 Å². The molecule has 5 atom stereocenters. The first kappa shape index (κ1) is 42.0. The molecule has 3 aliphatic rings. The first-order chi connectivity index (χ1) is 23.0. The van der Waals surface area contributed by atoms with Gasteiger partial charge >= 0.3 is 0 Å². The lowest BCUT2D eigenvalue weighted by Crippen LogP contribution is -2.51. The maximum absolute atomic E-state index is 14.6. The van der Waals surface area contributed by atoms with E-state index < -0.39 is 54.9 Å². The second kappa shape index (κ2) is 16.1. The largest absolute Gasteiger partial charge is 0.385 e. The SMILES string of the molecule is C#CCCC(CC(=O)[C@@H]1[C@@H]2C(CN1C(=O)[C@@H](CC(=O)CC1(CS(=O)(=O)C(C)(C)C)CCCCC1)C(C)(C)C)C2(C)C)C(=O)C(=O)CCCOC. The summed E-state index contributed by atoms with van der Waals surface area (Å²) in [7, 11) is -1.95. The zero-order chi connectivity index (χ0) is 37.9. The number of sulfone groups is 1. The van der Waals surface area contributed by atoms with Crippen LogP contribution in [0.4, 0.5) is 0 Å². The van der Waals surface area contributed by atoms with Crippen LogP contribution in [0.1, 0.15) is 132 Å². The normalized spacial score (nSPS) is 24.1. The minimum absolute atomic E-state index is 0.0316. The Morgan fingerprint density at radius 3 is 2.14 bits per heavy atom. The molecule has 0 bridgehead atoms. The number of rotatable bonds is 18. The molecule has 282 valence electrons. The van der Waals surface area contributed by atoms with Crippen LogP contribution in [0.25, 0.3) is 0 Å². The van der Waals surface area contributed by atoms with Crippen LogP contribution >= 0.6 is 0 Å². The average Bonchev–Trinajstić information content (AvgIpc) is 3.31. The molecule has 2 unspecified atom stereocenters. The molecule has 10 heteroatoms. The Labute approximate surface area is 301 Å². The third-order valence-electron chi connectivity index (χ3n) is 12.0. The zero-order valence-corrected chi connectivity index (χ0v) is 33.0. The molecule has 50 heavy (non-hydrogen) atoms. The molecule has 2 saturated carbocycles. The maximum Gasteiger partial charge on any atom is 0.227 e. The number of piperidine rings is 1. The summed E-state index contributed by atoms with van der Waals surface area (Å²) < 4.78 is 30.8. The van der Waals surface area contributed by atoms with Crippen LogP contribution < -0.4 is 0 Å². The zero-order valence-electron chi connectivity index (χ0n) is 32.2. The Kier molecular flexibility index (Phi) is 13.5. The highest BCUT2D eigenvalue weighted by atomic mass is 32.2. The molecule has 0 radical (unpaired) electrons. The molecule has 3 fully saturated rings. The van der Waals surface area contributed by atoms with Gasteiger partial charge in [0.25, 0.3) is 0 Å². The second-order valence-electron chi connectivity index (χ2n) is 18.2.